The van der Waals surface area contributed by atoms with Crippen LogP contribution in [0.5, 0.6) is 5.75 Å². The minimum atomic E-state index is -0.767. The summed E-state index contributed by atoms with van der Waals surface area (Å²) >= 11 is 0. The topological polar surface area (TPSA) is 60.5 Å². The van der Waals surface area contributed by atoms with Gasteiger partial charge in [0.25, 0.3) is 5.91 Å². The molecular formula is C17H16F2N2O3. The monoisotopic (exact) mass is 334 g/mol. The highest BCUT2D eigenvalue weighted by Gasteiger charge is 2.18. The molecule has 1 aliphatic heterocycles. The number of hydrogen-bond acceptors (Lipinski definition) is 4. The maximum atomic E-state index is 13.5. The van der Waals surface area contributed by atoms with Crippen LogP contribution < -0.4 is 10.1 Å². The predicted octanol–water partition coefficient (Wildman–Crippen LogP) is 3.17. The normalized spacial score (nSPS) is 16.8. The lowest BCUT2D eigenvalue weighted by atomic mass is 10.2. The number of rotatable bonds is 5. The molecule has 1 amide bonds. The molecule has 2 aromatic rings. The third-order valence-electron chi connectivity index (χ3n) is 3.63. The molecule has 1 fully saturated rings. The molecule has 1 aromatic heterocycles. The van der Waals surface area contributed by atoms with Crippen LogP contribution in [0, 0.1) is 11.8 Å². The summed E-state index contributed by atoms with van der Waals surface area (Å²) in [5, 5.41) is 2.53. The summed E-state index contributed by atoms with van der Waals surface area (Å²) < 4.78 is 37.7. The molecule has 0 saturated carbocycles. The Morgan fingerprint density at radius 2 is 2.21 bits per heavy atom. The Bertz CT molecular complexity index is 734. The number of benzene rings is 1. The van der Waals surface area contributed by atoms with Crippen LogP contribution in [-0.2, 0) is 4.74 Å². The third kappa shape index (κ3) is 4.05. The van der Waals surface area contributed by atoms with E-state index in [0.717, 1.165) is 25.0 Å². The number of anilines is 1. The molecular weight excluding hydrogens is 318 g/mol. The van der Waals surface area contributed by atoms with Gasteiger partial charge in [0, 0.05) is 30.5 Å². The fourth-order valence-corrected chi connectivity index (χ4v) is 2.42. The lowest BCUT2D eigenvalue weighted by Crippen LogP contribution is -2.18. The van der Waals surface area contributed by atoms with Gasteiger partial charge in [-0.2, -0.15) is 4.39 Å². The fraction of sp³-hybridized carbons (Fsp3) is 0.294. The highest BCUT2D eigenvalue weighted by Crippen LogP contribution is 2.27. The average molecular weight is 334 g/mol. The Labute approximate surface area is 137 Å². The number of carbonyl (C=O) groups excluding carboxylic acids is 1. The number of carbonyl (C=O) groups is 1. The van der Waals surface area contributed by atoms with Crippen molar-refractivity contribution in [1.82, 2.24) is 4.98 Å². The van der Waals surface area contributed by atoms with Gasteiger partial charge in [0.15, 0.2) is 0 Å². The van der Waals surface area contributed by atoms with Crippen LogP contribution in [0.1, 0.15) is 23.2 Å². The molecule has 0 spiro atoms. The fourth-order valence-electron chi connectivity index (χ4n) is 2.42. The van der Waals surface area contributed by atoms with Crippen molar-refractivity contribution in [3.8, 4) is 5.75 Å². The van der Waals surface area contributed by atoms with E-state index in [1.165, 1.54) is 24.4 Å². The highest BCUT2D eigenvalue weighted by atomic mass is 19.1. The predicted molar refractivity (Wildman–Crippen MR) is 83.0 cm³/mol. The molecule has 1 atom stereocenters. The summed E-state index contributed by atoms with van der Waals surface area (Å²) in [6.07, 6.45) is 3.06. The Morgan fingerprint density at radius 3 is 2.96 bits per heavy atom. The maximum absolute atomic E-state index is 13.5. The largest absolute Gasteiger partial charge is 0.489 e. The van der Waals surface area contributed by atoms with Gasteiger partial charge >= 0.3 is 0 Å². The second-order valence-corrected chi connectivity index (χ2v) is 5.41. The van der Waals surface area contributed by atoms with Crippen molar-refractivity contribution in [1.29, 1.82) is 0 Å². The van der Waals surface area contributed by atoms with Gasteiger partial charge in [-0.25, -0.2) is 9.37 Å². The molecule has 0 radical (unpaired) electrons. The van der Waals surface area contributed by atoms with Crippen LogP contribution in [0.2, 0.25) is 0 Å². The minimum absolute atomic E-state index is 0.00658. The van der Waals surface area contributed by atoms with E-state index in [4.69, 9.17) is 9.47 Å². The van der Waals surface area contributed by atoms with Gasteiger partial charge in [-0.15, -0.1) is 0 Å². The van der Waals surface area contributed by atoms with Crippen molar-refractivity contribution in [2.75, 3.05) is 18.5 Å². The summed E-state index contributed by atoms with van der Waals surface area (Å²) in [4.78, 5) is 15.6. The number of nitrogens with zero attached hydrogens (tertiary/aromatic N) is 1. The zero-order valence-corrected chi connectivity index (χ0v) is 12.8. The molecule has 2 heterocycles. The molecule has 1 saturated heterocycles. The number of hydrogen-bond donors (Lipinski definition) is 1. The van der Waals surface area contributed by atoms with Crippen molar-refractivity contribution in [2.24, 2.45) is 0 Å². The number of halogens is 2. The molecule has 0 bridgehead atoms. The second-order valence-electron chi connectivity index (χ2n) is 5.41. The summed E-state index contributed by atoms with van der Waals surface area (Å²) in [7, 11) is 0. The second kappa shape index (κ2) is 7.35. The van der Waals surface area contributed by atoms with Crippen molar-refractivity contribution < 1.29 is 23.0 Å². The molecule has 1 unspecified atom stereocenters. The van der Waals surface area contributed by atoms with Crippen molar-refractivity contribution in [3.05, 3.63) is 53.9 Å². The Hall–Kier alpha value is -2.54. The Kier molecular flexibility index (Phi) is 5.00. The van der Waals surface area contributed by atoms with Crippen LogP contribution in [0.15, 0.2) is 36.5 Å². The van der Waals surface area contributed by atoms with E-state index in [1.54, 1.807) is 0 Å². The highest BCUT2D eigenvalue weighted by molar-refractivity contribution is 6.04. The van der Waals surface area contributed by atoms with Crippen molar-refractivity contribution in [3.63, 3.8) is 0 Å². The molecule has 0 aliphatic carbocycles. The summed E-state index contributed by atoms with van der Waals surface area (Å²) in [5.74, 6) is -1.54. The summed E-state index contributed by atoms with van der Waals surface area (Å²) in [6, 6.07) is 6.20. The molecule has 1 aromatic carbocycles. The maximum Gasteiger partial charge on any atom is 0.255 e. The van der Waals surface area contributed by atoms with E-state index in [2.05, 4.69) is 10.3 Å². The Balaban J connectivity index is 1.73. The van der Waals surface area contributed by atoms with Gasteiger partial charge in [0.05, 0.1) is 11.8 Å². The summed E-state index contributed by atoms with van der Waals surface area (Å²) in [6.45, 7) is 1.02. The number of pyridine rings is 1. The zero-order chi connectivity index (χ0) is 16.9. The van der Waals surface area contributed by atoms with Crippen LogP contribution >= 0.6 is 0 Å². The lowest BCUT2D eigenvalue weighted by molar-refractivity contribution is 0.0681. The van der Waals surface area contributed by atoms with E-state index in [9.17, 15) is 13.6 Å². The summed E-state index contributed by atoms with van der Waals surface area (Å²) in [5.41, 5.74) is 0.257. The molecule has 5 nitrogen and oxygen atoms in total. The van der Waals surface area contributed by atoms with Crippen LogP contribution in [-0.4, -0.2) is 30.2 Å². The first-order valence-corrected chi connectivity index (χ1v) is 7.58. The first-order chi connectivity index (χ1) is 11.6. The van der Waals surface area contributed by atoms with Crippen LogP contribution in [0.25, 0.3) is 0 Å². The van der Waals surface area contributed by atoms with E-state index in [1.807, 2.05) is 0 Å². The van der Waals surface area contributed by atoms with Gasteiger partial charge in [-0.05, 0) is 31.0 Å². The number of nitrogens with one attached hydrogen (secondary N) is 1. The van der Waals surface area contributed by atoms with Crippen molar-refractivity contribution in [2.45, 2.75) is 18.9 Å². The SMILES string of the molecule is O=C(Nc1cc(F)ccc1OCC1CCCO1)c1ccnc(F)c1. The third-order valence-corrected chi connectivity index (χ3v) is 3.63. The number of ether oxygens (including phenoxy) is 2. The van der Waals surface area contributed by atoms with Gasteiger partial charge in [0.2, 0.25) is 5.95 Å². The van der Waals surface area contributed by atoms with Crippen molar-refractivity contribution >= 4 is 11.6 Å². The van der Waals surface area contributed by atoms with Gasteiger partial charge in [-0.1, -0.05) is 0 Å². The molecule has 126 valence electrons. The molecule has 1 N–H and O–H groups in total. The molecule has 7 heteroatoms. The minimum Gasteiger partial charge on any atom is -0.489 e. The van der Waals surface area contributed by atoms with E-state index < -0.39 is 17.7 Å². The zero-order valence-electron chi connectivity index (χ0n) is 12.8. The first-order valence-electron chi connectivity index (χ1n) is 7.58. The van der Waals surface area contributed by atoms with E-state index >= 15 is 0 Å². The van der Waals surface area contributed by atoms with Crippen LogP contribution in [0.3, 0.4) is 0 Å². The van der Waals surface area contributed by atoms with E-state index in [-0.39, 0.29) is 17.4 Å². The van der Waals surface area contributed by atoms with Crippen LogP contribution in [0.4, 0.5) is 14.5 Å². The number of aromatic nitrogens is 1. The Morgan fingerprint density at radius 1 is 1.33 bits per heavy atom. The lowest BCUT2D eigenvalue weighted by Gasteiger charge is -2.15. The quantitative estimate of drug-likeness (QED) is 0.853. The number of amides is 1. The first kappa shape index (κ1) is 16.3. The van der Waals surface area contributed by atoms with Gasteiger partial charge in [0.1, 0.15) is 18.2 Å². The molecule has 24 heavy (non-hydrogen) atoms. The average Bonchev–Trinajstić information content (AvgIpc) is 3.07. The molecule has 3 rings (SSSR count). The van der Waals surface area contributed by atoms with Gasteiger partial charge in [-0.3, -0.25) is 4.79 Å². The van der Waals surface area contributed by atoms with Gasteiger partial charge < -0.3 is 14.8 Å². The van der Waals surface area contributed by atoms with E-state index in [0.29, 0.717) is 19.0 Å². The smallest absolute Gasteiger partial charge is 0.255 e. The molecule has 1 aliphatic rings. The standard InChI is InChI=1S/C17H16F2N2O3/c18-12-3-4-15(24-10-13-2-1-7-23-13)14(9-12)21-17(22)11-5-6-20-16(19)8-11/h3-6,8-9,13H,1-2,7,10H2,(H,21,22).